The number of anilines is 1. The molecule has 0 atom stereocenters. The summed E-state index contributed by atoms with van der Waals surface area (Å²) in [6.07, 6.45) is -6.64. The highest BCUT2D eigenvalue weighted by atomic mass is 32.2. The third kappa shape index (κ3) is 5.26. The number of hydrogen-bond donors (Lipinski definition) is 1. The van der Waals surface area contributed by atoms with Crippen molar-refractivity contribution in [3.8, 4) is 11.8 Å². The fourth-order valence-corrected chi connectivity index (χ4v) is 3.05. The van der Waals surface area contributed by atoms with E-state index >= 15 is 0 Å². The van der Waals surface area contributed by atoms with Crippen LogP contribution >= 0.6 is 0 Å². The Morgan fingerprint density at radius 2 is 1.61 bits per heavy atom. The highest BCUT2D eigenvalue weighted by molar-refractivity contribution is 7.93. The molecule has 0 bridgehead atoms. The summed E-state index contributed by atoms with van der Waals surface area (Å²) in [5.41, 5.74) is -7.01. The zero-order chi connectivity index (χ0) is 27.9. The van der Waals surface area contributed by atoms with Crippen molar-refractivity contribution in [1.29, 1.82) is 0 Å². The standard InChI is InChI=1S/C16H13F10N5O4S/c1-7(29-34-3)9-6-8(4-5-10(9)30-36(32,33)16(24,25)26)35-12-28-27-11(31(12)2)13(17,18)14(19,20)15(21,22)23/h4-6,30H,1-3H3. The SMILES string of the molecule is CON=C(C)c1cc(Oc2nnc(C(F)(F)C(F)(F)C(F)(F)F)n2C)ccc1NS(=O)(=O)C(F)(F)F. The summed E-state index contributed by atoms with van der Waals surface area (Å²) < 4.78 is 159. The van der Waals surface area contributed by atoms with Crippen LogP contribution in [0.25, 0.3) is 0 Å². The largest absolute Gasteiger partial charge is 0.516 e. The Morgan fingerprint density at radius 3 is 2.11 bits per heavy atom. The first-order chi connectivity index (χ1) is 16.2. The quantitative estimate of drug-likeness (QED) is 0.289. The van der Waals surface area contributed by atoms with E-state index in [2.05, 4.69) is 20.2 Å². The maximum Gasteiger partial charge on any atom is 0.516 e. The maximum absolute atomic E-state index is 14.0. The van der Waals surface area contributed by atoms with E-state index in [1.165, 1.54) is 4.72 Å². The summed E-state index contributed by atoms with van der Waals surface area (Å²) in [6.45, 7) is 1.16. The van der Waals surface area contributed by atoms with Gasteiger partial charge in [-0.25, -0.2) is 0 Å². The van der Waals surface area contributed by atoms with Gasteiger partial charge in [-0.3, -0.25) is 9.29 Å². The molecule has 0 spiro atoms. The smallest absolute Gasteiger partial charge is 0.424 e. The van der Waals surface area contributed by atoms with Crippen LogP contribution in [0.2, 0.25) is 0 Å². The highest BCUT2D eigenvalue weighted by Crippen LogP contribution is 2.51. The summed E-state index contributed by atoms with van der Waals surface area (Å²) in [5.74, 6) is -15.0. The van der Waals surface area contributed by atoms with Crippen LogP contribution in [0.15, 0.2) is 23.4 Å². The molecule has 0 radical (unpaired) electrons. The van der Waals surface area contributed by atoms with Gasteiger partial charge >= 0.3 is 39.6 Å². The Hall–Kier alpha value is -3.32. The molecule has 0 unspecified atom stereocenters. The van der Waals surface area contributed by atoms with E-state index in [1.807, 2.05) is 0 Å². The molecule has 0 saturated carbocycles. The Kier molecular flexibility index (Phi) is 7.45. The average molecular weight is 561 g/mol. The number of ether oxygens (including phenoxy) is 1. The molecule has 0 saturated heterocycles. The van der Waals surface area contributed by atoms with Gasteiger partial charge in [0.25, 0.3) is 0 Å². The summed E-state index contributed by atoms with van der Waals surface area (Å²) in [7, 11) is -4.28. The molecular weight excluding hydrogens is 548 g/mol. The van der Waals surface area contributed by atoms with Gasteiger partial charge in [-0.2, -0.15) is 52.3 Å². The van der Waals surface area contributed by atoms with Gasteiger partial charge in [0.15, 0.2) is 0 Å². The number of benzene rings is 1. The molecule has 0 amide bonds. The molecule has 9 nitrogen and oxygen atoms in total. The van der Waals surface area contributed by atoms with Gasteiger partial charge < -0.3 is 9.57 Å². The molecule has 202 valence electrons. The molecule has 1 heterocycles. The number of rotatable bonds is 8. The fraction of sp³-hybridized carbons (Fsp3) is 0.438. The van der Waals surface area contributed by atoms with Gasteiger partial charge in [0, 0.05) is 12.6 Å². The second kappa shape index (κ2) is 9.28. The lowest BCUT2D eigenvalue weighted by atomic mass is 10.1. The average Bonchev–Trinajstić information content (AvgIpc) is 3.08. The van der Waals surface area contributed by atoms with E-state index in [4.69, 9.17) is 4.74 Å². The van der Waals surface area contributed by atoms with Crippen molar-refractivity contribution in [3.05, 3.63) is 29.6 Å². The summed E-state index contributed by atoms with van der Waals surface area (Å²) in [5, 5.41) is 9.06. The minimum absolute atomic E-state index is 0.0182. The molecular formula is C16H13F10N5O4S. The molecule has 2 aromatic rings. The molecule has 20 heteroatoms. The first-order valence-electron chi connectivity index (χ1n) is 8.88. The number of nitrogens with one attached hydrogen (secondary N) is 1. The lowest BCUT2D eigenvalue weighted by molar-refractivity contribution is -0.361. The third-order valence-electron chi connectivity index (χ3n) is 4.23. The van der Waals surface area contributed by atoms with E-state index in [0.29, 0.717) is 7.05 Å². The Bertz CT molecular complexity index is 1250. The van der Waals surface area contributed by atoms with Gasteiger partial charge in [-0.15, -0.1) is 5.10 Å². The van der Waals surface area contributed by atoms with Crippen LogP contribution < -0.4 is 9.46 Å². The van der Waals surface area contributed by atoms with Crippen molar-refractivity contribution in [1.82, 2.24) is 14.8 Å². The van der Waals surface area contributed by atoms with Crippen LogP contribution in [0.5, 0.6) is 11.8 Å². The van der Waals surface area contributed by atoms with Crippen LogP contribution in [0.1, 0.15) is 18.3 Å². The molecule has 2 rings (SSSR count). The van der Waals surface area contributed by atoms with Gasteiger partial charge in [0.1, 0.15) is 12.9 Å². The molecule has 0 aliphatic rings. The van der Waals surface area contributed by atoms with Crippen LogP contribution in [-0.4, -0.2) is 53.6 Å². The second-order valence-corrected chi connectivity index (χ2v) is 8.41. The Morgan fingerprint density at radius 1 is 1.03 bits per heavy atom. The van der Waals surface area contributed by atoms with Crippen LogP contribution in [-0.2, 0) is 27.8 Å². The monoisotopic (exact) mass is 561 g/mol. The Balaban J connectivity index is 2.51. The van der Waals surface area contributed by atoms with Crippen molar-refractivity contribution in [3.63, 3.8) is 0 Å². The number of halogens is 10. The molecule has 1 aromatic heterocycles. The van der Waals surface area contributed by atoms with Gasteiger partial charge in [0.05, 0.1) is 11.4 Å². The normalized spacial score (nSPS) is 14.1. The van der Waals surface area contributed by atoms with Crippen molar-refractivity contribution in [2.45, 2.75) is 30.5 Å². The number of hydrogen-bond acceptors (Lipinski definition) is 7. The summed E-state index contributed by atoms with van der Waals surface area (Å²) >= 11 is 0. The number of alkyl halides is 10. The summed E-state index contributed by atoms with van der Waals surface area (Å²) in [4.78, 5) is 4.46. The maximum atomic E-state index is 14.0. The van der Waals surface area contributed by atoms with E-state index in [1.54, 1.807) is 0 Å². The van der Waals surface area contributed by atoms with E-state index in [0.717, 1.165) is 32.2 Å². The Labute approximate surface area is 194 Å². The zero-order valence-corrected chi connectivity index (χ0v) is 18.7. The predicted octanol–water partition coefficient (Wildman–Crippen LogP) is 4.53. The van der Waals surface area contributed by atoms with Gasteiger partial charge in [-0.1, -0.05) is 10.3 Å². The van der Waals surface area contributed by atoms with Crippen molar-refractivity contribution in [2.24, 2.45) is 12.2 Å². The number of nitrogens with zero attached hydrogens (tertiary/aromatic N) is 4. The molecule has 0 aliphatic heterocycles. The highest BCUT2D eigenvalue weighted by Gasteiger charge is 2.75. The van der Waals surface area contributed by atoms with E-state index in [-0.39, 0.29) is 10.3 Å². The van der Waals surface area contributed by atoms with Gasteiger partial charge in [0.2, 0.25) is 5.82 Å². The minimum atomic E-state index is -6.64. The summed E-state index contributed by atoms with van der Waals surface area (Å²) in [6, 6.07) is 1.32. The van der Waals surface area contributed by atoms with Crippen LogP contribution in [0.4, 0.5) is 49.6 Å². The second-order valence-electron chi connectivity index (χ2n) is 6.73. The van der Waals surface area contributed by atoms with Gasteiger partial charge in [-0.05, 0) is 25.1 Å². The van der Waals surface area contributed by atoms with E-state index in [9.17, 15) is 52.3 Å². The topological polar surface area (TPSA) is 108 Å². The third-order valence-corrected chi connectivity index (χ3v) is 5.33. The predicted molar refractivity (Wildman–Crippen MR) is 100 cm³/mol. The fourth-order valence-electron chi connectivity index (χ4n) is 2.46. The molecule has 0 aliphatic carbocycles. The number of sulfonamides is 1. The van der Waals surface area contributed by atoms with E-state index < -0.39 is 62.4 Å². The first-order valence-corrected chi connectivity index (χ1v) is 10.4. The molecule has 1 aromatic carbocycles. The molecule has 36 heavy (non-hydrogen) atoms. The van der Waals surface area contributed by atoms with Crippen molar-refractivity contribution >= 4 is 21.4 Å². The van der Waals surface area contributed by atoms with Crippen LogP contribution in [0.3, 0.4) is 0 Å². The zero-order valence-electron chi connectivity index (χ0n) is 17.8. The lowest BCUT2D eigenvalue weighted by Gasteiger charge is -2.27. The molecule has 1 N–H and O–H groups in total. The molecule has 0 fully saturated rings. The number of aromatic nitrogens is 3. The minimum Gasteiger partial charge on any atom is -0.424 e. The van der Waals surface area contributed by atoms with Crippen molar-refractivity contribution in [2.75, 3.05) is 11.8 Å². The lowest BCUT2D eigenvalue weighted by Crippen LogP contribution is -2.51. The van der Waals surface area contributed by atoms with Crippen LogP contribution in [0, 0.1) is 0 Å². The first kappa shape index (κ1) is 28.9. The number of oxime groups is 1. The van der Waals surface area contributed by atoms with Crippen molar-refractivity contribution < 1.29 is 61.9 Å².